The van der Waals surface area contributed by atoms with E-state index in [4.69, 9.17) is 16.3 Å². The van der Waals surface area contributed by atoms with Crippen LogP contribution in [-0.2, 0) is 13.1 Å². The highest BCUT2D eigenvalue weighted by atomic mass is 35.5. The summed E-state index contributed by atoms with van der Waals surface area (Å²) in [5.74, 6) is -0.580. The third-order valence-electron chi connectivity index (χ3n) is 8.15. The first-order valence-electron chi connectivity index (χ1n) is 13.0. The Hall–Kier alpha value is -2.75. The van der Waals surface area contributed by atoms with Crippen molar-refractivity contribution in [1.29, 1.82) is 0 Å². The zero-order valence-corrected chi connectivity index (χ0v) is 22.0. The summed E-state index contributed by atoms with van der Waals surface area (Å²) in [5, 5.41) is 16.3. The maximum Gasteiger partial charge on any atom is 0.258 e. The molecule has 2 bridgehead atoms. The van der Waals surface area contributed by atoms with Gasteiger partial charge in [-0.05, 0) is 51.8 Å². The van der Waals surface area contributed by atoms with Gasteiger partial charge in [-0.15, -0.1) is 0 Å². The number of aliphatic hydroxyl groups excluding tert-OH is 1. The van der Waals surface area contributed by atoms with E-state index in [1.54, 1.807) is 9.42 Å². The van der Waals surface area contributed by atoms with Crippen LogP contribution in [0.1, 0.15) is 65.6 Å². The maximum absolute atomic E-state index is 14.3. The fourth-order valence-electron chi connectivity index (χ4n) is 6.33. The van der Waals surface area contributed by atoms with Crippen LogP contribution in [0.5, 0.6) is 5.75 Å². The minimum atomic E-state index is -0.689. The lowest BCUT2D eigenvalue weighted by Crippen LogP contribution is -2.56. The van der Waals surface area contributed by atoms with Gasteiger partial charge in [0.15, 0.2) is 5.65 Å². The minimum Gasteiger partial charge on any atom is -0.487 e. The number of fused-ring (bicyclic) bond motifs is 5. The van der Waals surface area contributed by atoms with Gasteiger partial charge in [-0.3, -0.25) is 9.69 Å². The molecule has 3 aliphatic heterocycles. The normalized spacial score (nSPS) is 25.2. The zero-order valence-electron chi connectivity index (χ0n) is 21.2. The molecule has 0 saturated carbocycles. The number of aryl methyl sites for hydroxylation is 2. The third-order valence-corrected chi connectivity index (χ3v) is 8.69. The smallest absolute Gasteiger partial charge is 0.258 e. The van der Waals surface area contributed by atoms with Crippen molar-refractivity contribution in [2.24, 2.45) is 0 Å². The van der Waals surface area contributed by atoms with E-state index in [1.807, 2.05) is 13.8 Å². The molecule has 0 spiro atoms. The van der Waals surface area contributed by atoms with Crippen LogP contribution in [0.2, 0.25) is 5.02 Å². The molecule has 1 N–H and O–H groups in total. The Labute approximate surface area is 220 Å². The average molecular weight is 528 g/mol. The Morgan fingerprint density at radius 2 is 2.08 bits per heavy atom. The Morgan fingerprint density at radius 3 is 2.86 bits per heavy atom. The summed E-state index contributed by atoms with van der Waals surface area (Å²) in [7, 11) is 0. The Balaban J connectivity index is 1.25. The van der Waals surface area contributed by atoms with Gasteiger partial charge in [-0.2, -0.15) is 5.10 Å². The molecule has 2 saturated heterocycles. The summed E-state index contributed by atoms with van der Waals surface area (Å²) in [6, 6.07) is 4.37. The van der Waals surface area contributed by atoms with E-state index in [2.05, 4.69) is 21.9 Å². The van der Waals surface area contributed by atoms with Gasteiger partial charge in [0, 0.05) is 30.1 Å². The third kappa shape index (κ3) is 3.99. The number of benzene rings is 1. The highest BCUT2D eigenvalue weighted by Gasteiger charge is 2.47. The SMILES string of the molecule is CCCN1[C@H]2CC[C@H]1C(O)[C@H](Oc1cc(F)ccc1C(=O)N1Cc3nn4c(C)c(Cl)c(C)nc4c3C1)C2. The molecule has 1 unspecified atom stereocenters. The van der Waals surface area contributed by atoms with Crippen molar-refractivity contribution >= 4 is 23.2 Å². The monoisotopic (exact) mass is 527 g/mol. The predicted octanol–water partition coefficient (Wildman–Crippen LogP) is 4.05. The highest BCUT2D eigenvalue weighted by Crippen LogP contribution is 2.39. The summed E-state index contributed by atoms with van der Waals surface area (Å²) in [5.41, 5.74) is 4.15. The van der Waals surface area contributed by atoms with Crippen LogP contribution in [0.4, 0.5) is 4.39 Å². The number of ether oxygens (including phenoxy) is 1. The summed E-state index contributed by atoms with van der Waals surface area (Å²) in [6.45, 7) is 7.48. The van der Waals surface area contributed by atoms with Crippen molar-refractivity contribution in [3.63, 3.8) is 0 Å². The van der Waals surface area contributed by atoms with Gasteiger partial charge in [0.05, 0.1) is 40.8 Å². The Bertz CT molecular complexity index is 1390. The van der Waals surface area contributed by atoms with E-state index in [1.165, 1.54) is 18.2 Å². The molecule has 5 heterocycles. The number of hydrogen-bond acceptors (Lipinski definition) is 6. The fraction of sp³-hybridized carbons (Fsp3) is 0.519. The maximum atomic E-state index is 14.3. The molecule has 2 aromatic heterocycles. The van der Waals surface area contributed by atoms with Crippen molar-refractivity contribution < 1.29 is 19.0 Å². The summed E-state index contributed by atoms with van der Waals surface area (Å²) < 4.78 is 22.3. The minimum absolute atomic E-state index is 0.0364. The van der Waals surface area contributed by atoms with Crippen LogP contribution in [0.25, 0.3) is 5.65 Å². The molecular formula is C27H31ClFN5O3. The molecule has 196 valence electrons. The van der Waals surface area contributed by atoms with Crippen LogP contribution >= 0.6 is 11.6 Å². The van der Waals surface area contributed by atoms with Crippen molar-refractivity contribution in [3.05, 3.63) is 57.2 Å². The molecule has 6 rings (SSSR count). The molecule has 1 aromatic carbocycles. The average Bonchev–Trinajstić information content (AvgIpc) is 3.53. The summed E-state index contributed by atoms with van der Waals surface area (Å²) in [4.78, 5) is 22.3. The van der Waals surface area contributed by atoms with Gasteiger partial charge in [0.25, 0.3) is 5.91 Å². The van der Waals surface area contributed by atoms with E-state index in [0.717, 1.165) is 42.8 Å². The lowest BCUT2D eigenvalue weighted by molar-refractivity contribution is -0.0642. The van der Waals surface area contributed by atoms with Crippen molar-refractivity contribution in [2.75, 3.05) is 6.54 Å². The molecule has 8 nitrogen and oxygen atoms in total. The molecule has 3 aliphatic rings. The van der Waals surface area contributed by atoms with Crippen LogP contribution < -0.4 is 4.74 Å². The molecule has 4 atom stereocenters. The number of aliphatic hydroxyl groups is 1. The number of piperidine rings is 1. The molecule has 0 aliphatic carbocycles. The van der Waals surface area contributed by atoms with Gasteiger partial charge in [-0.1, -0.05) is 18.5 Å². The molecular weight excluding hydrogens is 497 g/mol. The Morgan fingerprint density at radius 1 is 1.27 bits per heavy atom. The number of carbonyl (C=O) groups is 1. The predicted molar refractivity (Wildman–Crippen MR) is 136 cm³/mol. The first-order valence-corrected chi connectivity index (χ1v) is 13.4. The number of halogens is 2. The lowest BCUT2D eigenvalue weighted by atomic mass is 9.96. The number of aromatic nitrogens is 3. The van der Waals surface area contributed by atoms with E-state index < -0.39 is 18.0 Å². The number of rotatable bonds is 5. The lowest BCUT2D eigenvalue weighted by Gasteiger charge is -2.42. The van der Waals surface area contributed by atoms with Gasteiger partial charge in [0.2, 0.25) is 0 Å². The summed E-state index contributed by atoms with van der Waals surface area (Å²) >= 11 is 6.35. The number of nitrogens with zero attached hydrogens (tertiary/aromatic N) is 5. The van der Waals surface area contributed by atoms with Crippen LogP contribution in [0.3, 0.4) is 0 Å². The second-order valence-corrected chi connectivity index (χ2v) is 10.9. The summed E-state index contributed by atoms with van der Waals surface area (Å²) in [6.07, 6.45) is 2.44. The van der Waals surface area contributed by atoms with E-state index >= 15 is 0 Å². The molecule has 3 aromatic rings. The van der Waals surface area contributed by atoms with Crippen molar-refractivity contribution in [3.8, 4) is 5.75 Å². The van der Waals surface area contributed by atoms with Gasteiger partial charge < -0.3 is 14.7 Å². The van der Waals surface area contributed by atoms with Gasteiger partial charge in [-0.25, -0.2) is 13.9 Å². The highest BCUT2D eigenvalue weighted by molar-refractivity contribution is 6.31. The topological polar surface area (TPSA) is 83.2 Å². The fourth-order valence-corrected chi connectivity index (χ4v) is 6.45. The molecule has 1 amide bonds. The number of amides is 1. The first kappa shape index (κ1) is 24.6. The molecule has 2 fully saturated rings. The number of hydrogen-bond donors (Lipinski definition) is 1. The van der Waals surface area contributed by atoms with Crippen molar-refractivity contribution in [1.82, 2.24) is 24.4 Å². The van der Waals surface area contributed by atoms with Crippen LogP contribution in [0.15, 0.2) is 18.2 Å². The molecule has 37 heavy (non-hydrogen) atoms. The van der Waals surface area contributed by atoms with Crippen molar-refractivity contribution in [2.45, 2.75) is 83.8 Å². The van der Waals surface area contributed by atoms with Crippen LogP contribution in [-0.4, -0.2) is 66.2 Å². The van der Waals surface area contributed by atoms with Crippen LogP contribution in [0, 0.1) is 19.7 Å². The first-order chi connectivity index (χ1) is 17.8. The Kier molecular flexibility index (Phi) is 6.12. The second kappa shape index (κ2) is 9.22. The van der Waals surface area contributed by atoms with Gasteiger partial charge >= 0.3 is 0 Å². The largest absolute Gasteiger partial charge is 0.487 e. The number of carbonyl (C=O) groups excluding carboxylic acids is 1. The molecule has 10 heteroatoms. The quantitative estimate of drug-likeness (QED) is 0.539. The second-order valence-electron chi connectivity index (χ2n) is 10.5. The zero-order chi connectivity index (χ0) is 26.0. The molecule has 0 radical (unpaired) electrons. The standard InChI is InChI=1S/C27H31ClFN5O3/c1-4-9-33-17-6-8-21(33)25(35)23(11-17)37-22-10-16(29)5-7-18(22)27(36)32-12-19-20(13-32)31-34-15(3)24(28)14(2)30-26(19)34/h5,7,10,17,21,23,25,35H,4,6,8-9,11-13H2,1-3H3/t17-,21-,23+,25?/m0/s1. The van der Waals surface area contributed by atoms with E-state index in [-0.39, 0.29) is 23.3 Å². The van der Waals surface area contributed by atoms with Gasteiger partial charge in [0.1, 0.15) is 23.8 Å². The van der Waals surface area contributed by atoms with E-state index in [9.17, 15) is 14.3 Å². The van der Waals surface area contributed by atoms with E-state index in [0.29, 0.717) is 41.9 Å².